The monoisotopic (exact) mass is 645 g/mol. The number of rotatable bonds is 8. The number of carbonyl (C=O) groups excluding carboxylic acids is 1. The highest BCUT2D eigenvalue weighted by molar-refractivity contribution is 7.97. The second kappa shape index (κ2) is 12.7. The maximum Gasteiger partial charge on any atom is 0.412 e. The van der Waals surface area contributed by atoms with Gasteiger partial charge in [0.2, 0.25) is 0 Å². The quantitative estimate of drug-likeness (QED) is 0.290. The van der Waals surface area contributed by atoms with E-state index in [9.17, 15) is 9.90 Å². The minimum Gasteiger partial charge on any atom is -0.444 e. The van der Waals surface area contributed by atoms with Gasteiger partial charge in [-0.15, -0.1) is 0 Å². The summed E-state index contributed by atoms with van der Waals surface area (Å²) in [6.07, 6.45) is -0.141. The van der Waals surface area contributed by atoms with Crippen molar-refractivity contribution in [3.63, 3.8) is 0 Å². The van der Waals surface area contributed by atoms with Crippen molar-refractivity contribution in [2.24, 2.45) is 4.74 Å². The first-order valence-electron chi connectivity index (χ1n) is 14.5. The van der Waals surface area contributed by atoms with Crippen LogP contribution in [0.15, 0.2) is 47.6 Å². The average Bonchev–Trinajstić information content (AvgIpc) is 3.58. The zero-order valence-electron chi connectivity index (χ0n) is 26.1. The van der Waals surface area contributed by atoms with Gasteiger partial charge in [0.25, 0.3) is 0 Å². The normalized spacial score (nSPS) is 23.9. The first-order valence-corrected chi connectivity index (χ1v) is 16.9. The van der Waals surface area contributed by atoms with Crippen LogP contribution in [0.5, 0.6) is 0 Å². The third-order valence-corrected chi connectivity index (χ3v) is 8.09. The third kappa shape index (κ3) is 6.97. The number of amides is 1. The van der Waals surface area contributed by atoms with E-state index >= 15 is 0 Å². The Bertz CT molecular complexity index is 1510. The van der Waals surface area contributed by atoms with Crippen LogP contribution in [0.2, 0.25) is 0 Å². The van der Waals surface area contributed by atoms with Crippen molar-refractivity contribution in [1.29, 1.82) is 0 Å². The van der Waals surface area contributed by atoms with Crippen molar-refractivity contribution in [2.75, 3.05) is 6.61 Å². The molecular formula is C30H41N5O7P2. The zero-order chi connectivity index (χ0) is 31.9. The number of aliphatic hydroxyl groups excluding tert-OH is 1. The molecule has 0 bridgehead atoms. The molecule has 4 heterocycles. The maximum atomic E-state index is 13.4. The van der Waals surface area contributed by atoms with E-state index < -0.39 is 47.6 Å². The molecule has 2 aromatic heterocycles. The van der Waals surface area contributed by atoms with Crippen LogP contribution in [0.3, 0.4) is 0 Å². The van der Waals surface area contributed by atoms with Gasteiger partial charge in [-0.2, -0.15) is 0 Å². The van der Waals surface area contributed by atoms with E-state index in [1.54, 1.807) is 38.8 Å². The predicted molar refractivity (Wildman–Crippen MR) is 168 cm³/mol. The first kappa shape index (κ1) is 32.8. The minimum atomic E-state index is -1.19. The largest absolute Gasteiger partial charge is 0.444 e. The van der Waals surface area contributed by atoms with E-state index in [-0.39, 0.29) is 13.3 Å². The van der Waals surface area contributed by atoms with Crippen molar-refractivity contribution < 1.29 is 33.6 Å². The topological polar surface area (TPSA) is 130 Å². The van der Waals surface area contributed by atoms with Gasteiger partial charge in [0.1, 0.15) is 48.2 Å². The van der Waals surface area contributed by atoms with Gasteiger partial charge < -0.3 is 33.4 Å². The number of benzene rings is 1. The third-order valence-electron chi connectivity index (χ3n) is 7.43. The number of hydrogen-bond donors (Lipinski definition) is 1. The molecule has 2 unspecified atom stereocenters. The standard InChI is InChI=1S/C30H41N5O7P2/c1-28(2,3)42-27(37)35-20(15-39-29(35,4)5)24-25(41-30(6,7)40-24)23(36)19-13-34(17-38-14-18-11-9-8-10-12-18)22-21(19)31-16-32-26(22)33-44-43/h8-13,16,20,23-25,36H,14-15,17,43H2,1-7H3/t20-,23?,24-,25+/m1/s1. The molecule has 0 aliphatic carbocycles. The van der Waals surface area contributed by atoms with Crippen LogP contribution in [0.1, 0.15) is 65.7 Å². The Balaban J connectivity index is 1.49. The molecule has 5 atom stereocenters. The SMILES string of the molecule is CC(C)(C)OC(=O)N1[C@@H]([C@H]2OC(C)(C)O[C@H]2C(O)c2cn(COCc3ccccc3)c3c(N=PP)ncnc23)COC1(C)C. The van der Waals surface area contributed by atoms with Crippen LogP contribution in [0, 0.1) is 0 Å². The van der Waals surface area contributed by atoms with Crippen LogP contribution >= 0.6 is 17.0 Å². The summed E-state index contributed by atoms with van der Waals surface area (Å²) in [5.41, 5.74) is 0.996. The Morgan fingerprint density at radius 2 is 1.93 bits per heavy atom. The van der Waals surface area contributed by atoms with Crippen LogP contribution < -0.4 is 0 Å². The summed E-state index contributed by atoms with van der Waals surface area (Å²) in [7, 11) is 3.23. The number of fused-ring (bicyclic) bond motifs is 1. The van der Waals surface area contributed by atoms with Crippen LogP contribution in [-0.2, 0) is 37.0 Å². The molecule has 0 saturated carbocycles. The van der Waals surface area contributed by atoms with Crippen molar-refractivity contribution in [3.8, 4) is 0 Å². The summed E-state index contributed by atoms with van der Waals surface area (Å²) in [6.45, 7) is 13.4. The van der Waals surface area contributed by atoms with Crippen LogP contribution in [0.4, 0.5) is 10.6 Å². The molecule has 12 nitrogen and oxygen atoms in total. The van der Waals surface area contributed by atoms with E-state index in [4.69, 9.17) is 23.7 Å². The molecule has 2 aliphatic heterocycles. The lowest BCUT2D eigenvalue weighted by molar-refractivity contribution is -0.158. The van der Waals surface area contributed by atoms with E-state index in [1.165, 1.54) is 6.33 Å². The number of nitrogens with zero attached hydrogens (tertiary/aromatic N) is 5. The number of aliphatic hydroxyl groups is 1. The van der Waals surface area contributed by atoms with Gasteiger partial charge in [-0.25, -0.2) is 19.5 Å². The second-order valence-electron chi connectivity index (χ2n) is 12.8. The number of hydrogen-bond acceptors (Lipinski definition) is 10. The molecule has 0 radical (unpaired) electrons. The first-order chi connectivity index (χ1) is 20.7. The van der Waals surface area contributed by atoms with Gasteiger partial charge in [-0.3, -0.25) is 4.90 Å². The van der Waals surface area contributed by atoms with Crippen molar-refractivity contribution >= 4 is 39.9 Å². The molecule has 0 spiro atoms. The Labute approximate surface area is 261 Å². The van der Waals surface area contributed by atoms with Crippen LogP contribution in [0.25, 0.3) is 11.0 Å². The van der Waals surface area contributed by atoms with Crippen molar-refractivity contribution in [1.82, 2.24) is 19.4 Å². The molecule has 1 aromatic carbocycles. The predicted octanol–water partition coefficient (Wildman–Crippen LogP) is 6.08. The molecule has 5 rings (SSSR count). The minimum absolute atomic E-state index is 0.174. The lowest BCUT2D eigenvalue weighted by atomic mass is 9.96. The summed E-state index contributed by atoms with van der Waals surface area (Å²) in [5, 5.41) is 12.0. The van der Waals surface area contributed by atoms with Gasteiger partial charge in [-0.1, -0.05) is 39.3 Å². The van der Waals surface area contributed by atoms with Gasteiger partial charge in [0.05, 0.1) is 24.8 Å². The molecule has 1 N–H and O–H groups in total. The fourth-order valence-corrected chi connectivity index (χ4v) is 6.28. The van der Waals surface area contributed by atoms with Crippen LogP contribution in [-0.4, -0.2) is 72.6 Å². The molecule has 2 aliphatic rings. The van der Waals surface area contributed by atoms with E-state index in [2.05, 4.69) is 23.6 Å². The molecule has 1 amide bonds. The summed E-state index contributed by atoms with van der Waals surface area (Å²) in [4.78, 5) is 23.9. The summed E-state index contributed by atoms with van der Waals surface area (Å²) in [6, 6.07) is 9.27. The molecular weight excluding hydrogens is 604 g/mol. The molecule has 14 heteroatoms. The molecule has 238 valence electrons. The van der Waals surface area contributed by atoms with Gasteiger partial charge in [0.15, 0.2) is 11.6 Å². The lowest BCUT2D eigenvalue weighted by Gasteiger charge is -2.37. The summed E-state index contributed by atoms with van der Waals surface area (Å²) in [5.74, 6) is -0.580. The fraction of sp³-hybridized carbons (Fsp3) is 0.567. The Morgan fingerprint density at radius 3 is 2.61 bits per heavy atom. The highest BCUT2D eigenvalue weighted by Gasteiger charge is 2.57. The van der Waals surface area contributed by atoms with Crippen molar-refractivity contribution in [3.05, 3.63) is 54.0 Å². The maximum absolute atomic E-state index is 13.4. The fourth-order valence-electron chi connectivity index (χ4n) is 5.70. The van der Waals surface area contributed by atoms with Crippen molar-refractivity contribution in [2.45, 2.75) is 103 Å². The summed E-state index contributed by atoms with van der Waals surface area (Å²) >= 11 is 0. The highest BCUT2D eigenvalue weighted by atomic mass is 32.0. The van der Waals surface area contributed by atoms with E-state index in [1.807, 2.05) is 55.7 Å². The molecule has 2 fully saturated rings. The van der Waals surface area contributed by atoms with E-state index in [0.29, 0.717) is 37.1 Å². The average molecular weight is 646 g/mol. The zero-order valence-corrected chi connectivity index (χ0v) is 28.2. The van der Waals surface area contributed by atoms with Gasteiger partial charge in [0, 0.05) is 19.8 Å². The second-order valence-corrected chi connectivity index (χ2v) is 13.9. The van der Waals surface area contributed by atoms with E-state index in [0.717, 1.165) is 5.56 Å². The molecule has 2 saturated heterocycles. The number of carbonyl (C=O) groups is 1. The number of ether oxygens (including phenoxy) is 5. The lowest BCUT2D eigenvalue weighted by Crippen LogP contribution is -2.55. The molecule has 44 heavy (non-hydrogen) atoms. The summed E-state index contributed by atoms with van der Waals surface area (Å²) < 4.78 is 36.9. The molecule has 3 aromatic rings. The van der Waals surface area contributed by atoms with Gasteiger partial charge in [-0.05, 0) is 54.0 Å². The highest BCUT2D eigenvalue weighted by Crippen LogP contribution is 2.44. The smallest absolute Gasteiger partial charge is 0.412 e. The number of aromatic nitrogens is 3. The Kier molecular flexibility index (Phi) is 9.46. The Hall–Kier alpha value is -2.56. The Morgan fingerprint density at radius 1 is 1.20 bits per heavy atom. The van der Waals surface area contributed by atoms with Gasteiger partial charge >= 0.3 is 6.09 Å².